The molecule has 2 nitrogen and oxygen atoms in total. The lowest BCUT2D eigenvalue weighted by Gasteiger charge is -1.94. The quantitative estimate of drug-likeness (QED) is 0.466. The van der Waals surface area contributed by atoms with Crippen molar-refractivity contribution >= 4 is 7.25 Å². The van der Waals surface area contributed by atoms with Crippen molar-refractivity contribution in [1.29, 1.82) is 0 Å². The van der Waals surface area contributed by atoms with E-state index in [1.807, 2.05) is 6.92 Å². The first-order chi connectivity index (χ1) is 4.89. The van der Waals surface area contributed by atoms with Gasteiger partial charge in [0.1, 0.15) is 0 Å². The molecule has 1 aromatic heterocycles. The Balaban J connectivity index is 0.000000187. The first-order valence-corrected chi connectivity index (χ1v) is 2.72. The Morgan fingerprint density at radius 1 is 1.36 bits per heavy atom. The summed E-state index contributed by atoms with van der Waals surface area (Å²) in [6.07, 6.45) is 3.44. The van der Waals surface area contributed by atoms with E-state index in [0.717, 1.165) is 5.69 Å². The Bertz CT molecular complexity index is 176. The van der Waals surface area contributed by atoms with Crippen molar-refractivity contribution in [3.8, 4) is 0 Å². The molecule has 0 fully saturated rings. The van der Waals surface area contributed by atoms with Gasteiger partial charge in [0.25, 0.3) is 0 Å². The van der Waals surface area contributed by atoms with Crippen LogP contribution in [0.3, 0.4) is 0 Å². The Morgan fingerprint density at radius 3 is 1.91 bits per heavy atom. The standard InChI is InChI=1S/C4H6N2.BF4/c1-4-2-5-3-6-4;2-1(3,4)5/h2-3H,1H3,(H,5,6);/q;-1. The first kappa shape index (κ1) is 9.99. The van der Waals surface area contributed by atoms with Crippen LogP contribution in [0.4, 0.5) is 17.3 Å². The van der Waals surface area contributed by atoms with E-state index in [4.69, 9.17) is 0 Å². The summed E-state index contributed by atoms with van der Waals surface area (Å²) >= 11 is 0. The van der Waals surface area contributed by atoms with Crippen LogP contribution in [0, 0.1) is 6.92 Å². The topological polar surface area (TPSA) is 28.7 Å². The van der Waals surface area contributed by atoms with Crippen LogP contribution in [-0.2, 0) is 0 Å². The Morgan fingerprint density at radius 2 is 1.82 bits per heavy atom. The average molecular weight is 169 g/mol. The number of aromatic amines is 1. The van der Waals surface area contributed by atoms with E-state index >= 15 is 0 Å². The molecule has 11 heavy (non-hydrogen) atoms. The van der Waals surface area contributed by atoms with Gasteiger partial charge in [0.05, 0.1) is 6.33 Å². The molecule has 0 saturated heterocycles. The van der Waals surface area contributed by atoms with Crippen LogP contribution in [0.2, 0.25) is 0 Å². The van der Waals surface area contributed by atoms with E-state index in [-0.39, 0.29) is 0 Å². The number of rotatable bonds is 0. The second-order valence-electron chi connectivity index (χ2n) is 1.73. The van der Waals surface area contributed by atoms with Gasteiger partial charge in [-0.05, 0) is 6.92 Å². The van der Waals surface area contributed by atoms with Crippen molar-refractivity contribution in [2.24, 2.45) is 0 Å². The highest BCUT2D eigenvalue weighted by Gasteiger charge is 2.20. The predicted molar refractivity (Wildman–Crippen MR) is 33.5 cm³/mol. The molecule has 0 atom stereocenters. The molecule has 7 heteroatoms. The van der Waals surface area contributed by atoms with Gasteiger partial charge in [0.15, 0.2) is 0 Å². The number of aryl methyl sites for hydroxylation is 1. The lowest BCUT2D eigenvalue weighted by Crippen LogP contribution is -2.02. The highest BCUT2D eigenvalue weighted by atomic mass is 19.5. The SMILES string of the molecule is Cc1cnc[nH]1.F[B-](F)(F)F. The number of nitrogens with one attached hydrogen (secondary N) is 1. The molecule has 64 valence electrons. The van der Waals surface area contributed by atoms with E-state index in [1.165, 1.54) is 0 Å². The Kier molecular flexibility index (Phi) is 3.63. The second kappa shape index (κ2) is 4.00. The lowest BCUT2D eigenvalue weighted by atomic mass is 10.3. The number of hydrogen-bond donors (Lipinski definition) is 1. The molecule has 0 radical (unpaired) electrons. The maximum absolute atomic E-state index is 9.75. The number of hydrogen-bond acceptors (Lipinski definition) is 1. The van der Waals surface area contributed by atoms with Gasteiger partial charge in [-0.25, -0.2) is 4.98 Å². The molecule has 0 saturated carbocycles. The Hall–Kier alpha value is -1.01. The number of H-pyrrole nitrogens is 1. The molecule has 0 aliphatic rings. The maximum Gasteiger partial charge on any atom is 0.673 e. The number of nitrogens with zero attached hydrogens (tertiary/aromatic N) is 1. The fourth-order valence-electron chi connectivity index (χ4n) is 0.325. The molecular weight excluding hydrogens is 163 g/mol. The fourth-order valence-corrected chi connectivity index (χ4v) is 0.325. The normalized spacial score (nSPS) is 10.3. The van der Waals surface area contributed by atoms with Crippen LogP contribution in [-0.4, -0.2) is 17.2 Å². The van der Waals surface area contributed by atoms with Crippen molar-refractivity contribution in [2.45, 2.75) is 6.92 Å². The average Bonchev–Trinajstić information content (AvgIpc) is 2.12. The zero-order valence-electron chi connectivity index (χ0n) is 5.69. The first-order valence-electron chi connectivity index (χ1n) is 2.72. The monoisotopic (exact) mass is 169 g/mol. The summed E-state index contributed by atoms with van der Waals surface area (Å²) in [5.41, 5.74) is 1.11. The minimum absolute atomic E-state index is 1.11. The number of halogens is 4. The zero-order valence-corrected chi connectivity index (χ0v) is 5.69. The molecule has 1 heterocycles. The summed E-state index contributed by atoms with van der Waals surface area (Å²) in [6, 6.07) is 0. The molecule has 0 unspecified atom stereocenters. The van der Waals surface area contributed by atoms with Crippen molar-refractivity contribution < 1.29 is 17.3 Å². The van der Waals surface area contributed by atoms with E-state index in [0.29, 0.717) is 0 Å². The largest absolute Gasteiger partial charge is 0.673 e. The highest BCUT2D eigenvalue weighted by molar-refractivity contribution is 6.50. The third kappa shape index (κ3) is 12.2. The van der Waals surface area contributed by atoms with Gasteiger partial charge in [-0.15, -0.1) is 0 Å². The summed E-state index contributed by atoms with van der Waals surface area (Å²) in [7, 11) is -6.00. The summed E-state index contributed by atoms with van der Waals surface area (Å²) in [4.78, 5) is 6.66. The molecule has 1 rings (SSSR count). The van der Waals surface area contributed by atoms with Crippen LogP contribution < -0.4 is 0 Å². The zero-order chi connectivity index (χ0) is 8.91. The molecule has 0 spiro atoms. The molecule has 0 aromatic carbocycles. The molecule has 0 amide bonds. The molecule has 0 aliphatic carbocycles. The van der Waals surface area contributed by atoms with Crippen molar-refractivity contribution in [3.05, 3.63) is 18.2 Å². The van der Waals surface area contributed by atoms with Gasteiger partial charge >= 0.3 is 7.25 Å². The molecular formula is C4H6BF4N2-. The van der Waals surface area contributed by atoms with Gasteiger partial charge in [0.2, 0.25) is 0 Å². The Labute approximate surface area is 60.7 Å². The molecule has 1 N–H and O–H groups in total. The number of imidazole rings is 1. The van der Waals surface area contributed by atoms with Crippen molar-refractivity contribution in [3.63, 3.8) is 0 Å². The lowest BCUT2D eigenvalue weighted by molar-refractivity contribution is 0.368. The van der Waals surface area contributed by atoms with Crippen LogP contribution in [0.25, 0.3) is 0 Å². The second-order valence-corrected chi connectivity index (χ2v) is 1.73. The van der Waals surface area contributed by atoms with Crippen LogP contribution >= 0.6 is 0 Å². The van der Waals surface area contributed by atoms with Crippen LogP contribution in [0.5, 0.6) is 0 Å². The smallest absolute Gasteiger partial charge is 0.418 e. The van der Waals surface area contributed by atoms with Gasteiger partial charge < -0.3 is 22.2 Å². The third-order valence-corrected chi connectivity index (χ3v) is 0.635. The van der Waals surface area contributed by atoms with Gasteiger partial charge in [-0.2, -0.15) is 0 Å². The summed E-state index contributed by atoms with van der Waals surface area (Å²) in [5, 5.41) is 0. The molecule has 1 aromatic rings. The maximum atomic E-state index is 9.75. The van der Waals surface area contributed by atoms with E-state index in [1.54, 1.807) is 12.5 Å². The minimum Gasteiger partial charge on any atom is -0.418 e. The van der Waals surface area contributed by atoms with Crippen molar-refractivity contribution in [1.82, 2.24) is 9.97 Å². The predicted octanol–water partition coefficient (Wildman–Crippen LogP) is 2.02. The third-order valence-electron chi connectivity index (χ3n) is 0.635. The van der Waals surface area contributed by atoms with E-state index < -0.39 is 7.25 Å². The summed E-state index contributed by atoms with van der Waals surface area (Å²) in [5.74, 6) is 0. The summed E-state index contributed by atoms with van der Waals surface area (Å²) < 4.78 is 39.0. The van der Waals surface area contributed by atoms with E-state index in [2.05, 4.69) is 9.97 Å². The van der Waals surface area contributed by atoms with E-state index in [9.17, 15) is 17.3 Å². The highest BCUT2D eigenvalue weighted by Crippen LogP contribution is 2.06. The van der Waals surface area contributed by atoms with Gasteiger partial charge in [-0.3, -0.25) is 0 Å². The summed E-state index contributed by atoms with van der Waals surface area (Å²) in [6.45, 7) is 1.97. The molecule has 0 aliphatic heterocycles. The van der Waals surface area contributed by atoms with Gasteiger partial charge in [-0.1, -0.05) is 0 Å². The minimum atomic E-state index is -6.00. The fraction of sp³-hybridized carbons (Fsp3) is 0.250. The molecule has 0 bridgehead atoms. The van der Waals surface area contributed by atoms with Crippen molar-refractivity contribution in [2.75, 3.05) is 0 Å². The number of aromatic nitrogens is 2. The van der Waals surface area contributed by atoms with Crippen LogP contribution in [0.15, 0.2) is 12.5 Å². The van der Waals surface area contributed by atoms with Gasteiger partial charge in [0, 0.05) is 11.9 Å². The van der Waals surface area contributed by atoms with Crippen LogP contribution in [0.1, 0.15) is 5.69 Å².